The van der Waals surface area contributed by atoms with E-state index in [1.165, 1.54) is 11.8 Å². The summed E-state index contributed by atoms with van der Waals surface area (Å²) in [5, 5.41) is 3.96. The second kappa shape index (κ2) is 9.68. The monoisotopic (exact) mass is 439 g/mol. The first-order valence-electron chi connectivity index (χ1n) is 10.7. The highest BCUT2D eigenvalue weighted by Crippen LogP contribution is 2.40. The molecule has 3 heterocycles. The fourth-order valence-corrected chi connectivity index (χ4v) is 4.93. The minimum atomic E-state index is -0.225. The van der Waals surface area contributed by atoms with Crippen molar-refractivity contribution in [2.24, 2.45) is 0 Å². The molecule has 4 rings (SSSR count). The largest absolute Gasteiger partial charge is 0.494 e. The molecule has 0 spiro atoms. The number of benzene rings is 1. The van der Waals surface area contributed by atoms with Gasteiger partial charge in [0.1, 0.15) is 10.8 Å². The number of amides is 1. The smallest absolute Gasteiger partial charge is 0.291 e. The van der Waals surface area contributed by atoms with Gasteiger partial charge in [-0.15, -0.1) is 11.3 Å². The maximum Gasteiger partial charge on any atom is 0.291 e. The van der Waals surface area contributed by atoms with E-state index in [0.717, 1.165) is 47.4 Å². The molecule has 2 aromatic heterocycles. The van der Waals surface area contributed by atoms with E-state index in [2.05, 4.69) is 47.3 Å². The zero-order valence-corrected chi connectivity index (χ0v) is 19.1. The zero-order chi connectivity index (χ0) is 21.8. The number of hydrogen-bond donors (Lipinski definition) is 1. The predicted molar refractivity (Wildman–Crippen MR) is 124 cm³/mol. The second-order valence-corrected chi connectivity index (χ2v) is 9.07. The minimum absolute atomic E-state index is 0.0567. The van der Waals surface area contributed by atoms with Gasteiger partial charge < -0.3 is 19.4 Å². The first-order chi connectivity index (χ1) is 15.0. The molecule has 0 aliphatic carbocycles. The Morgan fingerprint density at radius 1 is 1.19 bits per heavy atom. The van der Waals surface area contributed by atoms with Gasteiger partial charge in [-0.05, 0) is 56.8 Å². The van der Waals surface area contributed by atoms with Gasteiger partial charge in [-0.3, -0.25) is 9.69 Å². The molecule has 31 heavy (non-hydrogen) atoms. The number of nitrogens with zero attached hydrogens (tertiary/aromatic N) is 2. The third-order valence-corrected chi connectivity index (χ3v) is 6.54. The molecule has 3 aromatic rings. The number of anilines is 1. The molecule has 1 aromatic carbocycles. The Morgan fingerprint density at radius 2 is 1.94 bits per heavy atom. The van der Waals surface area contributed by atoms with Crippen molar-refractivity contribution in [3.8, 4) is 5.75 Å². The summed E-state index contributed by atoms with van der Waals surface area (Å²) in [6, 6.07) is 14.0. The number of ether oxygens (including phenoxy) is 1. The summed E-state index contributed by atoms with van der Waals surface area (Å²) in [6.45, 7) is 8.69. The fourth-order valence-electron chi connectivity index (χ4n) is 3.99. The molecule has 1 amide bonds. The van der Waals surface area contributed by atoms with Crippen molar-refractivity contribution >= 4 is 22.2 Å². The van der Waals surface area contributed by atoms with Gasteiger partial charge in [0, 0.05) is 36.6 Å². The number of furan rings is 1. The quantitative estimate of drug-likeness (QED) is 0.581. The molecule has 1 saturated heterocycles. The Balaban J connectivity index is 1.69. The van der Waals surface area contributed by atoms with Crippen molar-refractivity contribution in [2.45, 2.75) is 19.9 Å². The van der Waals surface area contributed by atoms with E-state index in [0.29, 0.717) is 12.4 Å². The molecule has 1 atom stereocenters. The van der Waals surface area contributed by atoms with Crippen molar-refractivity contribution in [1.82, 2.24) is 9.80 Å². The van der Waals surface area contributed by atoms with Crippen LogP contribution in [0.5, 0.6) is 5.75 Å². The van der Waals surface area contributed by atoms with E-state index in [4.69, 9.17) is 9.15 Å². The number of piperazine rings is 1. The van der Waals surface area contributed by atoms with Crippen LogP contribution in [0.4, 0.5) is 5.00 Å². The summed E-state index contributed by atoms with van der Waals surface area (Å²) in [5.74, 6) is 0.961. The molecule has 0 saturated carbocycles. The summed E-state index contributed by atoms with van der Waals surface area (Å²) in [4.78, 5) is 18.7. The highest BCUT2D eigenvalue weighted by Gasteiger charge is 2.29. The van der Waals surface area contributed by atoms with E-state index in [9.17, 15) is 4.79 Å². The maximum atomic E-state index is 12.7. The lowest BCUT2D eigenvalue weighted by Gasteiger charge is -2.38. The van der Waals surface area contributed by atoms with Crippen molar-refractivity contribution in [3.05, 3.63) is 70.5 Å². The van der Waals surface area contributed by atoms with Crippen LogP contribution in [0.1, 0.15) is 39.5 Å². The van der Waals surface area contributed by atoms with Crippen LogP contribution in [0.15, 0.2) is 53.1 Å². The molecule has 0 radical (unpaired) electrons. The molecule has 6 nitrogen and oxygen atoms in total. The van der Waals surface area contributed by atoms with E-state index in [1.807, 2.05) is 19.1 Å². The summed E-state index contributed by atoms with van der Waals surface area (Å²) in [6.07, 6.45) is 1.52. The highest BCUT2D eigenvalue weighted by molar-refractivity contribution is 7.16. The van der Waals surface area contributed by atoms with Crippen LogP contribution < -0.4 is 10.1 Å². The molecule has 164 valence electrons. The van der Waals surface area contributed by atoms with Crippen LogP contribution in [0.2, 0.25) is 0 Å². The zero-order valence-electron chi connectivity index (χ0n) is 18.3. The predicted octanol–water partition coefficient (Wildman–Crippen LogP) is 4.64. The topological polar surface area (TPSA) is 58.0 Å². The molecule has 1 unspecified atom stereocenters. The normalized spacial score (nSPS) is 16.2. The summed E-state index contributed by atoms with van der Waals surface area (Å²) < 4.78 is 10.9. The third-order valence-electron chi connectivity index (χ3n) is 5.56. The van der Waals surface area contributed by atoms with Crippen LogP contribution in [-0.4, -0.2) is 55.5 Å². The lowest BCUT2D eigenvalue weighted by Crippen LogP contribution is -2.46. The molecule has 1 aliphatic heterocycles. The average Bonchev–Trinajstić information content (AvgIpc) is 3.42. The van der Waals surface area contributed by atoms with Crippen molar-refractivity contribution in [3.63, 3.8) is 0 Å². The number of likely N-dealkylation sites (N-methyl/N-ethyl adjacent to an activating group) is 1. The Hall–Kier alpha value is -2.61. The van der Waals surface area contributed by atoms with Crippen molar-refractivity contribution in [1.29, 1.82) is 0 Å². The van der Waals surface area contributed by atoms with Gasteiger partial charge in [-0.2, -0.15) is 0 Å². The lowest BCUT2D eigenvalue weighted by molar-refractivity contribution is 0.0996. The fraction of sp³-hybridized carbons (Fsp3) is 0.375. The van der Waals surface area contributed by atoms with Crippen LogP contribution in [0, 0.1) is 6.92 Å². The van der Waals surface area contributed by atoms with Gasteiger partial charge in [-0.1, -0.05) is 12.1 Å². The first-order valence-corrected chi connectivity index (χ1v) is 11.5. The number of carbonyl (C=O) groups is 1. The molecule has 1 fully saturated rings. The van der Waals surface area contributed by atoms with E-state index >= 15 is 0 Å². The number of carbonyl (C=O) groups excluding carboxylic acids is 1. The molecule has 7 heteroatoms. The summed E-state index contributed by atoms with van der Waals surface area (Å²) in [5.41, 5.74) is 2.32. The van der Waals surface area contributed by atoms with Crippen LogP contribution in [-0.2, 0) is 0 Å². The van der Waals surface area contributed by atoms with Crippen LogP contribution in [0.3, 0.4) is 0 Å². The van der Waals surface area contributed by atoms with Crippen LogP contribution in [0.25, 0.3) is 0 Å². The van der Waals surface area contributed by atoms with Gasteiger partial charge >= 0.3 is 0 Å². The summed E-state index contributed by atoms with van der Waals surface area (Å²) >= 11 is 1.60. The molecule has 1 aliphatic rings. The minimum Gasteiger partial charge on any atom is -0.494 e. The number of hydrogen-bond acceptors (Lipinski definition) is 6. The second-order valence-electron chi connectivity index (χ2n) is 7.82. The number of rotatable bonds is 7. The third kappa shape index (κ3) is 5.01. The standard InChI is InChI=1S/C24H29N3O3S/c1-4-29-19-9-7-18(8-10-19)22(27-13-11-26(3)12-14-27)20-16-17(2)31-24(20)25-23(28)21-6-5-15-30-21/h5-10,15-16,22H,4,11-14H2,1-3H3,(H,25,28). The van der Waals surface area contributed by atoms with E-state index in [-0.39, 0.29) is 11.9 Å². The lowest BCUT2D eigenvalue weighted by atomic mass is 9.97. The number of aryl methyl sites for hydroxylation is 1. The first kappa shape index (κ1) is 21.6. The highest BCUT2D eigenvalue weighted by atomic mass is 32.1. The number of thiophene rings is 1. The van der Waals surface area contributed by atoms with E-state index < -0.39 is 0 Å². The number of nitrogens with one attached hydrogen (secondary N) is 1. The van der Waals surface area contributed by atoms with Gasteiger partial charge in [-0.25, -0.2) is 0 Å². The summed E-state index contributed by atoms with van der Waals surface area (Å²) in [7, 11) is 2.16. The van der Waals surface area contributed by atoms with Gasteiger partial charge in [0.15, 0.2) is 5.76 Å². The van der Waals surface area contributed by atoms with Crippen molar-refractivity contribution < 1.29 is 13.9 Å². The maximum absolute atomic E-state index is 12.7. The molecular weight excluding hydrogens is 410 g/mol. The Bertz CT molecular complexity index is 990. The molecular formula is C24H29N3O3S. The Morgan fingerprint density at radius 3 is 2.58 bits per heavy atom. The van der Waals surface area contributed by atoms with E-state index in [1.54, 1.807) is 23.5 Å². The van der Waals surface area contributed by atoms with Gasteiger partial charge in [0.2, 0.25) is 0 Å². The van der Waals surface area contributed by atoms with Crippen molar-refractivity contribution in [2.75, 3.05) is 45.2 Å². The Labute approximate surface area is 187 Å². The van der Waals surface area contributed by atoms with Gasteiger partial charge in [0.25, 0.3) is 5.91 Å². The molecule has 1 N–H and O–H groups in total. The molecule has 0 bridgehead atoms. The Kier molecular flexibility index (Phi) is 6.75. The average molecular weight is 440 g/mol. The van der Waals surface area contributed by atoms with Crippen LogP contribution >= 0.6 is 11.3 Å². The SMILES string of the molecule is CCOc1ccc(C(c2cc(C)sc2NC(=O)c2ccco2)N2CCN(C)CC2)cc1. The van der Waals surface area contributed by atoms with Gasteiger partial charge in [0.05, 0.1) is 18.9 Å².